The predicted molar refractivity (Wildman–Crippen MR) is 109 cm³/mol. The Hall–Kier alpha value is -1.85. The molecule has 3 fully saturated rings. The fourth-order valence-corrected chi connectivity index (χ4v) is 8.17. The molecule has 0 aliphatic heterocycles. The highest BCUT2D eigenvalue weighted by molar-refractivity contribution is 5.88. The quantitative estimate of drug-likeness (QED) is 0.691. The number of ether oxygens (including phenoxy) is 2. The minimum absolute atomic E-state index is 0.0423. The maximum absolute atomic E-state index is 12.0. The number of esters is 2. The zero-order valence-corrected chi connectivity index (χ0v) is 18.5. The number of carbonyl (C=O) groups is 3. The largest absolute Gasteiger partial charge is 0.478 e. The van der Waals surface area contributed by atoms with Crippen molar-refractivity contribution in [2.45, 2.75) is 78.7 Å². The number of fused-ring (bicyclic) bond motifs is 3. The second-order valence-electron chi connectivity index (χ2n) is 10.8. The SMILES string of the molecule is CC(=O)OC[C@]1(C)CCC[C@]2(C)C1CC[C@]13C=C(C(=O)O)[C@H](C[C@H](OC(C)=O)C12)C3. The molecule has 0 aromatic rings. The molecule has 2 bridgehead atoms. The van der Waals surface area contributed by atoms with Crippen molar-refractivity contribution in [3.05, 3.63) is 11.6 Å². The molecule has 0 radical (unpaired) electrons. The fourth-order valence-electron chi connectivity index (χ4n) is 8.17. The Labute approximate surface area is 178 Å². The van der Waals surface area contributed by atoms with Crippen molar-refractivity contribution >= 4 is 17.9 Å². The summed E-state index contributed by atoms with van der Waals surface area (Å²) in [6.07, 6.45) is 8.16. The minimum Gasteiger partial charge on any atom is -0.478 e. The van der Waals surface area contributed by atoms with Crippen LogP contribution in [0.15, 0.2) is 11.6 Å². The minimum atomic E-state index is -0.838. The van der Waals surface area contributed by atoms with E-state index in [1.165, 1.54) is 13.8 Å². The third-order valence-corrected chi connectivity index (χ3v) is 8.90. The molecule has 0 amide bonds. The van der Waals surface area contributed by atoms with Crippen LogP contribution < -0.4 is 0 Å². The van der Waals surface area contributed by atoms with Crippen molar-refractivity contribution in [2.24, 2.45) is 34.0 Å². The first kappa shape index (κ1) is 21.4. The highest BCUT2D eigenvalue weighted by Gasteiger charge is 2.66. The smallest absolute Gasteiger partial charge is 0.331 e. The lowest BCUT2D eigenvalue weighted by Crippen LogP contribution is -2.61. The van der Waals surface area contributed by atoms with Crippen LogP contribution >= 0.6 is 0 Å². The van der Waals surface area contributed by atoms with Gasteiger partial charge in [-0.2, -0.15) is 0 Å². The predicted octanol–water partition coefficient (Wildman–Crippen LogP) is 4.12. The van der Waals surface area contributed by atoms with Crippen LogP contribution in [0.5, 0.6) is 0 Å². The van der Waals surface area contributed by atoms with Gasteiger partial charge in [0.1, 0.15) is 6.10 Å². The van der Waals surface area contributed by atoms with Crippen molar-refractivity contribution in [3.8, 4) is 0 Å². The van der Waals surface area contributed by atoms with E-state index in [1.807, 2.05) is 6.08 Å². The average Bonchev–Trinajstić information content (AvgIpc) is 2.91. The Morgan fingerprint density at radius 2 is 1.87 bits per heavy atom. The van der Waals surface area contributed by atoms with Gasteiger partial charge in [0.2, 0.25) is 0 Å². The molecule has 2 unspecified atom stereocenters. The van der Waals surface area contributed by atoms with Crippen molar-refractivity contribution in [1.29, 1.82) is 0 Å². The highest BCUT2D eigenvalue weighted by Crippen LogP contribution is 2.71. The van der Waals surface area contributed by atoms with Gasteiger partial charge in [-0.15, -0.1) is 0 Å². The summed E-state index contributed by atoms with van der Waals surface area (Å²) < 4.78 is 11.4. The van der Waals surface area contributed by atoms with Crippen LogP contribution in [0.25, 0.3) is 0 Å². The van der Waals surface area contributed by atoms with Crippen LogP contribution in [0.1, 0.15) is 72.6 Å². The van der Waals surface area contributed by atoms with E-state index in [4.69, 9.17) is 9.47 Å². The number of rotatable bonds is 4. The standard InChI is InChI=1S/C24H34O6/c1-14(25)29-13-22(3)7-5-8-23(4)19(22)6-9-24-11-16(17(12-24)21(27)28)10-18(20(23)24)30-15(2)26/h12,16,18-20H,5-11,13H2,1-4H3,(H,27,28)/t16-,18+,19?,20?,22+,23-,24+/m1/s1. The Bertz CT molecular complexity index is 802. The summed E-state index contributed by atoms with van der Waals surface area (Å²) in [6, 6.07) is 0. The van der Waals surface area contributed by atoms with Crippen molar-refractivity contribution in [1.82, 2.24) is 0 Å². The third-order valence-electron chi connectivity index (χ3n) is 8.90. The maximum Gasteiger partial charge on any atom is 0.331 e. The molecule has 4 aliphatic carbocycles. The van der Waals surface area contributed by atoms with Gasteiger partial charge in [-0.1, -0.05) is 26.3 Å². The molecule has 30 heavy (non-hydrogen) atoms. The number of allylic oxidation sites excluding steroid dienone is 1. The lowest BCUT2D eigenvalue weighted by Gasteiger charge is -2.65. The summed E-state index contributed by atoms with van der Waals surface area (Å²) in [5, 5.41) is 9.79. The summed E-state index contributed by atoms with van der Waals surface area (Å²) in [6.45, 7) is 7.87. The van der Waals surface area contributed by atoms with Gasteiger partial charge in [0, 0.05) is 30.8 Å². The highest BCUT2D eigenvalue weighted by atomic mass is 16.5. The van der Waals surface area contributed by atoms with E-state index in [9.17, 15) is 19.5 Å². The first-order valence-electron chi connectivity index (χ1n) is 11.3. The van der Waals surface area contributed by atoms with Crippen LogP contribution in [0, 0.1) is 34.0 Å². The molecule has 4 aliphatic rings. The molecule has 0 aromatic carbocycles. The molecule has 6 heteroatoms. The number of hydrogen-bond donors (Lipinski definition) is 1. The van der Waals surface area contributed by atoms with Gasteiger partial charge in [0.15, 0.2) is 0 Å². The van der Waals surface area contributed by atoms with E-state index in [0.717, 1.165) is 38.5 Å². The van der Waals surface area contributed by atoms with E-state index in [-0.39, 0.29) is 46.1 Å². The average molecular weight is 419 g/mol. The molecular formula is C24H34O6. The Balaban J connectivity index is 1.75. The molecule has 0 heterocycles. The molecule has 7 atom stereocenters. The lowest BCUT2D eigenvalue weighted by atomic mass is 9.40. The Morgan fingerprint density at radius 1 is 1.13 bits per heavy atom. The molecule has 6 nitrogen and oxygen atoms in total. The summed E-state index contributed by atoms with van der Waals surface area (Å²) in [5.41, 5.74) is 0.0774. The molecule has 1 spiro atoms. The van der Waals surface area contributed by atoms with Crippen LogP contribution in [0.3, 0.4) is 0 Å². The topological polar surface area (TPSA) is 89.9 Å². The Morgan fingerprint density at radius 3 is 2.50 bits per heavy atom. The molecular weight excluding hydrogens is 384 g/mol. The Kier molecular flexibility index (Phi) is 5.06. The van der Waals surface area contributed by atoms with Gasteiger partial charge in [-0.3, -0.25) is 9.59 Å². The van der Waals surface area contributed by atoms with Gasteiger partial charge in [-0.05, 0) is 61.2 Å². The zero-order chi connectivity index (χ0) is 21.9. The molecule has 0 aromatic heterocycles. The monoisotopic (exact) mass is 418 g/mol. The summed E-state index contributed by atoms with van der Waals surface area (Å²) >= 11 is 0. The first-order chi connectivity index (χ1) is 14.0. The first-order valence-corrected chi connectivity index (χ1v) is 11.3. The van der Waals surface area contributed by atoms with E-state index in [0.29, 0.717) is 24.5 Å². The number of aliphatic carboxylic acids is 1. The van der Waals surface area contributed by atoms with Gasteiger partial charge in [0.25, 0.3) is 0 Å². The molecule has 0 saturated heterocycles. The zero-order valence-electron chi connectivity index (χ0n) is 18.5. The van der Waals surface area contributed by atoms with E-state index < -0.39 is 5.97 Å². The third kappa shape index (κ3) is 3.18. The van der Waals surface area contributed by atoms with E-state index in [2.05, 4.69) is 13.8 Å². The molecule has 1 N–H and O–H groups in total. The van der Waals surface area contributed by atoms with Crippen LogP contribution in [0.4, 0.5) is 0 Å². The lowest BCUT2D eigenvalue weighted by molar-refractivity contribution is -0.203. The summed E-state index contributed by atoms with van der Waals surface area (Å²) in [5.74, 6) is -0.992. The molecule has 3 saturated carbocycles. The van der Waals surface area contributed by atoms with Gasteiger partial charge in [0.05, 0.1) is 6.61 Å². The molecule has 4 rings (SSSR count). The summed E-state index contributed by atoms with van der Waals surface area (Å²) in [4.78, 5) is 35.5. The van der Waals surface area contributed by atoms with Gasteiger partial charge < -0.3 is 14.6 Å². The van der Waals surface area contributed by atoms with Crippen molar-refractivity contribution in [2.75, 3.05) is 6.61 Å². The van der Waals surface area contributed by atoms with Crippen molar-refractivity contribution < 1.29 is 29.0 Å². The second-order valence-corrected chi connectivity index (χ2v) is 10.8. The summed E-state index contributed by atoms with van der Waals surface area (Å²) in [7, 11) is 0. The van der Waals surface area contributed by atoms with E-state index >= 15 is 0 Å². The molecule has 166 valence electrons. The maximum atomic E-state index is 12.0. The van der Waals surface area contributed by atoms with Crippen LogP contribution in [0.2, 0.25) is 0 Å². The van der Waals surface area contributed by atoms with E-state index in [1.54, 1.807) is 0 Å². The van der Waals surface area contributed by atoms with Crippen LogP contribution in [-0.4, -0.2) is 35.7 Å². The van der Waals surface area contributed by atoms with Gasteiger partial charge in [-0.25, -0.2) is 4.79 Å². The second kappa shape index (κ2) is 7.10. The van der Waals surface area contributed by atoms with Gasteiger partial charge >= 0.3 is 17.9 Å². The van der Waals surface area contributed by atoms with Crippen LogP contribution in [-0.2, 0) is 23.9 Å². The fraction of sp³-hybridized carbons (Fsp3) is 0.792. The number of hydrogen-bond acceptors (Lipinski definition) is 5. The number of carbonyl (C=O) groups excluding carboxylic acids is 2. The van der Waals surface area contributed by atoms with Crippen molar-refractivity contribution in [3.63, 3.8) is 0 Å². The number of carboxylic acids is 1. The normalized spacial score (nSPS) is 44.3. The number of carboxylic acid groups (broad SMARTS) is 1.